The number of carbonyl (C=O) groups is 1. The molecule has 3 N–H and O–H groups in total. The summed E-state index contributed by atoms with van der Waals surface area (Å²) in [5.41, 5.74) is 7.06. The number of esters is 1. The summed E-state index contributed by atoms with van der Waals surface area (Å²) in [7, 11) is 1.31. The monoisotopic (exact) mass is 274 g/mol. The Labute approximate surface area is 112 Å². The second-order valence-electron chi connectivity index (χ2n) is 4.04. The third-order valence-corrected chi connectivity index (χ3v) is 4.15. The number of carbonyl (C=O) groups excluding carboxylic acids is 1. The first-order valence-electron chi connectivity index (χ1n) is 5.50. The molecule has 0 unspecified atom stereocenters. The van der Waals surface area contributed by atoms with Gasteiger partial charge < -0.3 is 15.6 Å². The maximum absolute atomic E-state index is 11.6. The summed E-state index contributed by atoms with van der Waals surface area (Å²) in [5, 5.41) is 11.0. The number of anilines is 1. The van der Waals surface area contributed by atoms with Crippen molar-refractivity contribution in [1.29, 1.82) is 0 Å². The quantitative estimate of drug-likeness (QED) is 0.666. The third-order valence-electron chi connectivity index (χ3n) is 2.91. The number of phenolic OH excluding ortho intramolecular Hbond substituents is 1. The average molecular weight is 274 g/mol. The summed E-state index contributed by atoms with van der Waals surface area (Å²) in [6.45, 7) is 0. The van der Waals surface area contributed by atoms with Crippen molar-refractivity contribution in [2.75, 3.05) is 12.8 Å². The molecule has 2 aromatic heterocycles. The van der Waals surface area contributed by atoms with E-state index in [4.69, 9.17) is 10.5 Å². The highest BCUT2D eigenvalue weighted by molar-refractivity contribution is 7.22. The highest BCUT2D eigenvalue weighted by atomic mass is 32.1. The van der Waals surface area contributed by atoms with Gasteiger partial charge in [-0.3, -0.25) is 4.98 Å². The van der Waals surface area contributed by atoms with Crippen LogP contribution in [-0.4, -0.2) is 23.2 Å². The molecule has 3 aromatic rings. The second kappa shape index (κ2) is 4.10. The molecule has 0 bridgehead atoms. The minimum absolute atomic E-state index is 0.147. The molecule has 3 rings (SSSR count). The summed E-state index contributed by atoms with van der Waals surface area (Å²) < 4.78 is 5.52. The Morgan fingerprint density at radius 3 is 2.95 bits per heavy atom. The summed E-state index contributed by atoms with van der Waals surface area (Å²) >= 11 is 1.24. The molecule has 0 saturated heterocycles. The standard InChI is InChI=1S/C13H10N2O3S/c1-18-13(17)12-10(14)8-5-15-9-3-2-6(16)4-7(9)11(8)19-12/h2-5,16H,14H2,1H3. The smallest absolute Gasteiger partial charge is 0.350 e. The second-order valence-corrected chi connectivity index (χ2v) is 5.06. The molecule has 0 aliphatic carbocycles. The van der Waals surface area contributed by atoms with E-state index in [0.29, 0.717) is 16.0 Å². The zero-order valence-electron chi connectivity index (χ0n) is 10.0. The Balaban J connectivity index is 2.42. The van der Waals surface area contributed by atoms with Gasteiger partial charge in [0.15, 0.2) is 0 Å². The van der Waals surface area contributed by atoms with Crippen molar-refractivity contribution in [3.05, 3.63) is 29.3 Å². The molecule has 0 aliphatic heterocycles. The van der Waals surface area contributed by atoms with Crippen molar-refractivity contribution in [3.63, 3.8) is 0 Å². The van der Waals surface area contributed by atoms with Crippen LogP contribution < -0.4 is 5.73 Å². The summed E-state index contributed by atoms with van der Waals surface area (Å²) in [6, 6.07) is 4.90. The fraction of sp³-hybridized carbons (Fsp3) is 0.0769. The van der Waals surface area contributed by atoms with Gasteiger partial charge in [-0.1, -0.05) is 0 Å². The van der Waals surface area contributed by atoms with Crippen LogP contribution in [0, 0.1) is 0 Å². The van der Waals surface area contributed by atoms with Crippen LogP contribution in [0.1, 0.15) is 9.67 Å². The van der Waals surface area contributed by atoms with Gasteiger partial charge in [0.1, 0.15) is 10.6 Å². The molecule has 5 nitrogen and oxygen atoms in total. The summed E-state index contributed by atoms with van der Waals surface area (Å²) in [5.74, 6) is -0.319. The van der Waals surface area contributed by atoms with Gasteiger partial charge in [-0.15, -0.1) is 11.3 Å². The number of phenols is 1. The number of aromatic nitrogens is 1. The number of nitrogens with zero attached hydrogens (tertiary/aromatic N) is 1. The minimum atomic E-state index is -0.466. The van der Waals surface area contributed by atoms with Crippen LogP contribution in [0.5, 0.6) is 5.75 Å². The molecule has 6 heteroatoms. The van der Waals surface area contributed by atoms with Crippen LogP contribution in [0.3, 0.4) is 0 Å². The number of methoxy groups -OCH3 is 1. The third kappa shape index (κ3) is 1.68. The lowest BCUT2D eigenvalue weighted by Gasteiger charge is -1.99. The number of hydrogen-bond acceptors (Lipinski definition) is 6. The topological polar surface area (TPSA) is 85.4 Å². The molecule has 19 heavy (non-hydrogen) atoms. The molecule has 0 spiro atoms. The number of aromatic hydroxyl groups is 1. The number of benzene rings is 1. The Kier molecular flexibility index (Phi) is 2.53. The highest BCUT2D eigenvalue weighted by Crippen LogP contribution is 2.38. The maximum Gasteiger partial charge on any atom is 0.350 e. The number of pyridine rings is 1. The number of ether oxygens (including phenoxy) is 1. The molecule has 0 saturated carbocycles. The van der Waals surface area contributed by atoms with Gasteiger partial charge in [-0.2, -0.15) is 0 Å². The zero-order valence-corrected chi connectivity index (χ0v) is 10.8. The van der Waals surface area contributed by atoms with E-state index in [9.17, 15) is 9.90 Å². The number of rotatable bonds is 1. The summed E-state index contributed by atoms with van der Waals surface area (Å²) in [4.78, 5) is 16.3. The summed E-state index contributed by atoms with van der Waals surface area (Å²) in [6.07, 6.45) is 1.63. The number of thiophene rings is 1. The van der Waals surface area contributed by atoms with Crippen molar-refractivity contribution in [2.24, 2.45) is 0 Å². The average Bonchev–Trinajstić information content (AvgIpc) is 2.76. The van der Waals surface area contributed by atoms with Crippen LogP contribution in [0.4, 0.5) is 5.69 Å². The highest BCUT2D eigenvalue weighted by Gasteiger charge is 2.18. The molecular formula is C13H10N2O3S. The predicted octanol–water partition coefficient (Wildman–Crippen LogP) is 2.52. The Hall–Kier alpha value is -2.34. The molecule has 0 aliphatic rings. The van der Waals surface area contributed by atoms with Gasteiger partial charge in [0.2, 0.25) is 0 Å². The van der Waals surface area contributed by atoms with Gasteiger partial charge in [0.05, 0.1) is 18.3 Å². The van der Waals surface area contributed by atoms with E-state index in [0.717, 1.165) is 15.6 Å². The number of fused-ring (bicyclic) bond motifs is 3. The maximum atomic E-state index is 11.6. The van der Waals surface area contributed by atoms with Crippen molar-refractivity contribution < 1.29 is 14.6 Å². The fourth-order valence-electron chi connectivity index (χ4n) is 1.98. The number of hydrogen-bond donors (Lipinski definition) is 2. The normalized spacial score (nSPS) is 11.0. The molecule has 96 valence electrons. The number of nitrogen functional groups attached to an aromatic ring is 1. The van der Waals surface area contributed by atoms with Crippen LogP contribution in [-0.2, 0) is 4.74 Å². The van der Waals surface area contributed by atoms with Gasteiger partial charge in [-0.25, -0.2) is 4.79 Å². The van der Waals surface area contributed by atoms with Crippen molar-refractivity contribution in [3.8, 4) is 5.75 Å². The van der Waals surface area contributed by atoms with E-state index in [-0.39, 0.29) is 5.75 Å². The van der Waals surface area contributed by atoms with E-state index in [1.807, 2.05) is 0 Å². The fourth-order valence-corrected chi connectivity index (χ4v) is 3.12. The van der Waals surface area contributed by atoms with E-state index in [1.165, 1.54) is 18.4 Å². The lowest BCUT2D eigenvalue weighted by atomic mass is 10.1. The first kappa shape index (κ1) is 11.7. The lowest BCUT2D eigenvalue weighted by Crippen LogP contribution is -2.01. The van der Waals surface area contributed by atoms with Crippen LogP contribution in [0.25, 0.3) is 21.0 Å². The van der Waals surface area contributed by atoms with Crippen molar-refractivity contribution >= 4 is 44.0 Å². The van der Waals surface area contributed by atoms with Crippen LogP contribution >= 0.6 is 11.3 Å². The van der Waals surface area contributed by atoms with Crippen LogP contribution in [0.2, 0.25) is 0 Å². The van der Waals surface area contributed by atoms with E-state index in [1.54, 1.807) is 24.4 Å². The molecule has 0 radical (unpaired) electrons. The Bertz CT molecular complexity index is 810. The SMILES string of the molecule is COC(=O)c1sc2c(cnc3ccc(O)cc32)c1N. The predicted molar refractivity (Wildman–Crippen MR) is 74.5 cm³/mol. The first-order valence-corrected chi connectivity index (χ1v) is 6.31. The Morgan fingerprint density at radius 2 is 2.21 bits per heavy atom. The van der Waals surface area contributed by atoms with Gasteiger partial charge in [0.25, 0.3) is 0 Å². The van der Waals surface area contributed by atoms with Gasteiger partial charge >= 0.3 is 5.97 Å². The van der Waals surface area contributed by atoms with Crippen molar-refractivity contribution in [2.45, 2.75) is 0 Å². The van der Waals surface area contributed by atoms with E-state index < -0.39 is 5.97 Å². The lowest BCUT2D eigenvalue weighted by molar-refractivity contribution is 0.0607. The zero-order chi connectivity index (χ0) is 13.6. The van der Waals surface area contributed by atoms with E-state index >= 15 is 0 Å². The molecule has 0 fully saturated rings. The Morgan fingerprint density at radius 1 is 1.42 bits per heavy atom. The molecule has 2 heterocycles. The van der Waals surface area contributed by atoms with Gasteiger partial charge in [0, 0.05) is 21.7 Å². The minimum Gasteiger partial charge on any atom is -0.508 e. The van der Waals surface area contributed by atoms with Crippen LogP contribution in [0.15, 0.2) is 24.4 Å². The number of nitrogens with two attached hydrogens (primary N) is 1. The van der Waals surface area contributed by atoms with Crippen molar-refractivity contribution in [1.82, 2.24) is 4.98 Å². The molecule has 1 aromatic carbocycles. The first-order chi connectivity index (χ1) is 9.11. The molecule has 0 amide bonds. The molecular weight excluding hydrogens is 264 g/mol. The van der Waals surface area contributed by atoms with E-state index in [2.05, 4.69) is 4.98 Å². The molecule has 0 atom stereocenters. The van der Waals surface area contributed by atoms with Gasteiger partial charge in [-0.05, 0) is 18.2 Å². The largest absolute Gasteiger partial charge is 0.508 e.